The quantitative estimate of drug-likeness (QED) is 0.792. The molecule has 0 aliphatic heterocycles. The number of oxazole rings is 1. The lowest BCUT2D eigenvalue weighted by Gasteiger charge is -2.11. The molecule has 0 aliphatic carbocycles. The van der Waals surface area contributed by atoms with Gasteiger partial charge in [-0.05, 0) is 26.0 Å². The van der Waals surface area contributed by atoms with E-state index in [1.807, 2.05) is 13.8 Å². The SMILES string of the molecule is COc1cc(C=O)cc(Cl)c1OCc1nc(C)c(C)o1. The van der Waals surface area contributed by atoms with Crippen LogP contribution in [0.15, 0.2) is 16.5 Å². The number of methoxy groups -OCH3 is 1. The van der Waals surface area contributed by atoms with E-state index in [2.05, 4.69) is 4.98 Å². The molecule has 1 aromatic carbocycles. The molecule has 0 spiro atoms. The number of carbonyl (C=O) groups is 1. The lowest BCUT2D eigenvalue weighted by atomic mass is 10.2. The van der Waals surface area contributed by atoms with Gasteiger partial charge >= 0.3 is 0 Å². The second-order valence-electron chi connectivity index (χ2n) is 4.19. The highest BCUT2D eigenvalue weighted by molar-refractivity contribution is 6.32. The van der Waals surface area contributed by atoms with Crippen molar-refractivity contribution in [3.05, 3.63) is 40.1 Å². The maximum Gasteiger partial charge on any atom is 0.232 e. The minimum absolute atomic E-state index is 0.130. The van der Waals surface area contributed by atoms with Crippen molar-refractivity contribution in [1.29, 1.82) is 0 Å². The summed E-state index contributed by atoms with van der Waals surface area (Å²) in [6.45, 7) is 3.82. The zero-order valence-electron chi connectivity index (χ0n) is 11.4. The molecule has 0 N–H and O–H groups in total. The van der Waals surface area contributed by atoms with Crippen molar-refractivity contribution in [1.82, 2.24) is 4.98 Å². The Hall–Kier alpha value is -2.01. The van der Waals surface area contributed by atoms with E-state index in [9.17, 15) is 4.79 Å². The Kier molecular flexibility index (Phi) is 4.29. The molecule has 1 heterocycles. The second-order valence-corrected chi connectivity index (χ2v) is 4.60. The summed E-state index contributed by atoms with van der Waals surface area (Å²) < 4.78 is 16.2. The van der Waals surface area contributed by atoms with Crippen LogP contribution in [0.2, 0.25) is 5.02 Å². The van der Waals surface area contributed by atoms with E-state index in [0.717, 1.165) is 11.5 Å². The fraction of sp³-hybridized carbons (Fsp3) is 0.286. The molecule has 0 amide bonds. The number of halogens is 1. The molecular weight excluding hydrogens is 282 g/mol. The van der Waals surface area contributed by atoms with Crippen LogP contribution in [0.25, 0.3) is 0 Å². The van der Waals surface area contributed by atoms with Crippen molar-refractivity contribution in [2.75, 3.05) is 7.11 Å². The number of rotatable bonds is 5. The van der Waals surface area contributed by atoms with Crippen LogP contribution in [0, 0.1) is 13.8 Å². The number of carbonyl (C=O) groups excluding carboxylic acids is 1. The molecule has 0 atom stereocenters. The van der Waals surface area contributed by atoms with Crippen molar-refractivity contribution in [2.45, 2.75) is 20.5 Å². The van der Waals surface area contributed by atoms with Gasteiger partial charge in [-0.2, -0.15) is 0 Å². The first-order valence-electron chi connectivity index (χ1n) is 5.93. The predicted octanol–water partition coefficient (Wildman–Crippen LogP) is 3.34. The molecule has 6 heteroatoms. The van der Waals surface area contributed by atoms with Gasteiger partial charge in [0.15, 0.2) is 18.1 Å². The Balaban J connectivity index is 2.22. The van der Waals surface area contributed by atoms with Crippen LogP contribution in [0.3, 0.4) is 0 Å². The molecule has 20 heavy (non-hydrogen) atoms. The van der Waals surface area contributed by atoms with Gasteiger partial charge in [0, 0.05) is 5.56 Å². The Morgan fingerprint density at radius 3 is 2.70 bits per heavy atom. The Morgan fingerprint density at radius 1 is 1.40 bits per heavy atom. The molecule has 1 aromatic heterocycles. The third-order valence-corrected chi connectivity index (χ3v) is 3.08. The fourth-order valence-corrected chi connectivity index (χ4v) is 1.96. The van der Waals surface area contributed by atoms with Crippen molar-refractivity contribution in [3.8, 4) is 11.5 Å². The number of aldehydes is 1. The summed E-state index contributed by atoms with van der Waals surface area (Å²) in [6.07, 6.45) is 0.693. The van der Waals surface area contributed by atoms with Crippen molar-refractivity contribution in [2.24, 2.45) is 0 Å². The van der Waals surface area contributed by atoms with E-state index >= 15 is 0 Å². The molecular formula is C14H14ClNO4. The first kappa shape index (κ1) is 14.4. The van der Waals surface area contributed by atoms with E-state index in [1.54, 1.807) is 6.07 Å². The molecule has 2 rings (SSSR count). The van der Waals surface area contributed by atoms with Crippen LogP contribution < -0.4 is 9.47 Å². The highest BCUT2D eigenvalue weighted by Crippen LogP contribution is 2.36. The standard InChI is InChI=1S/C14H14ClNO4/c1-8-9(2)20-13(16-8)7-19-14-11(15)4-10(6-17)5-12(14)18-3/h4-6H,7H2,1-3H3. The summed E-state index contributed by atoms with van der Waals surface area (Å²) in [5.41, 5.74) is 1.24. The van der Waals surface area contributed by atoms with E-state index in [4.69, 9.17) is 25.5 Å². The number of benzene rings is 1. The van der Waals surface area contributed by atoms with Crippen LogP contribution in [-0.2, 0) is 6.61 Å². The van der Waals surface area contributed by atoms with Crippen LogP contribution in [0.4, 0.5) is 0 Å². The van der Waals surface area contributed by atoms with Crippen molar-refractivity contribution < 1.29 is 18.7 Å². The summed E-state index contributed by atoms with van der Waals surface area (Å²) >= 11 is 6.08. The van der Waals surface area contributed by atoms with E-state index < -0.39 is 0 Å². The molecule has 5 nitrogen and oxygen atoms in total. The first-order chi connectivity index (χ1) is 9.55. The van der Waals surface area contributed by atoms with Gasteiger partial charge in [-0.1, -0.05) is 11.6 Å². The number of hydrogen-bond donors (Lipinski definition) is 0. The number of ether oxygens (including phenoxy) is 2. The lowest BCUT2D eigenvalue weighted by molar-refractivity contribution is 0.112. The smallest absolute Gasteiger partial charge is 0.232 e. The predicted molar refractivity (Wildman–Crippen MR) is 73.7 cm³/mol. The van der Waals surface area contributed by atoms with Gasteiger partial charge in [0.1, 0.15) is 12.0 Å². The topological polar surface area (TPSA) is 61.6 Å². The van der Waals surface area contributed by atoms with Gasteiger partial charge in [-0.3, -0.25) is 4.79 Å². The normalized spacial score (nSPS) is 10.4. The third kappa shape index (κ3) is 2.93. The van der Waals surface area contributed by atoms with Crippen LogP contribution >= 0.6 is 11.6 Å². The van der Waals surface area contributed by atoms with Gasteiger partial charge < -0.3 is 13.9 Å². The number of aryl methyl sites for hydroxylation is 2. The molecule has 0 saturated heterocycles. The largest absolute Gasteiger partial charge is 0.493 e. The third-order valence-electron chi connectivity index (χ3n) is 2.80. The summed E-state index contributed by atoms with van der Waals surface area (Å²) in [7, 11) is 1.48. The Morgan fingerprint density at radius 2 is 2.15 bits per heavy atom. The maximum atomic E-state index is 10.8. The molecule has 0 aliphatic rings. The zero-order chi connectivity index (χ0) is 14.7. The number of aromatic nitrogens is 1. The molecule has 2 aromatic rings. The summed E-state index contributed by atoms with van der Waals surface area (Å²) in [5.74, 6) is 1.95. The molecule has 106 valence electrons. The summed E-state index contributed by atoms with van der Waals surface area (Å²) in [4.78, 5) is 15.0. The molecule has 0 bridgehead atoms. The molecule has 0 radical (unpaired) electrons. The van der Waals surface area contributed by atoms with Gasteiger partial charge in [0.2, 0.25) is 5.89 Å². The van der Waals surface area contributed by atoms with Gasteiger partial charge in [0.25, 0.3) is 0 Å². The van der Waals surface area contributed by atoms with Crippen molar-refractivity contribution >= 4 is 17.9 Å². The van der Waals surface area contributed by atoms with Gasteiger partial charge in [-0.15, -0.1) is 0 Å². The average molecular weight is 296 g/mol. The highest BCUT2D eigenvalue weighted by atomic mass is 35.5. The molecule has 0 fully saturated rings. The Labute approximate surface area is 121 Å². The summed E-state index contributed by atoms with van der Waals surface area (Å²) in [6, 6.07) is 3.07. The van der Waals surface area contributed by atoms with E-state index in [-0.39, 0.29) is 6.61 Å². The maximum absolute atomic E-state index is 10.8. The van der Waals surface area contributed by atoms with Crippen LogP contribution in [0.1, 0.15) is 27.7 Å². The molecule has 0 saturated carbocycles. The van der Waals surface area contributed by atoms with Crippen LogP contribution in [0.5, 0.6) is 11.5 Å². The Bertz CT molecular complexity index is 617. The number of hydrogen-bond acceptors (Lipinski definition) is 5. The minimum Gasteiger partial charge on any atom is -0.493 e. The fourth-order valence-electron chi connectivity index (χ4n) is 1.68. The monoisotopic (exact) mass is 295 g/mol. The highest BCUT2D eigenvalue weighted by Gasteiger charge is 2.14. The summed E-state index contributed by atoms with van der Waals surface area (Å²) in [5, 5.41) is 0.298. The average Bonchev–Trinajstić information content (AvgIpc) is 2.75. The molecule has 0 unspecified atom stereocenters. The second kappa shape index (κ2) is 5.96. The van der Waals surface area contributed by atoms with Crippen LogP contribution in [-0.4, -0.2) is 18.4 Å². The van der Waals surface area contributed by atoms with Gasteiger partial charge in [-0.25, -0.2) is 4.98 Å². The van der Waals surface area contributed by atoms with Crippen molar-refractivity contribution in [3.63, 3.8) is 0 Å². The van der Waals surface area contributed by atoms with Gasteiger partial charge in [0.05, 0.1) is 17.8 Å². The minimum atomic E-state index is 0.130. The number of nitrogens with zero attached hydrogens (tertiary/aromatic N) is 1. The zero-order valence-corrected chi connectivity index (χ0v) is 12.2. The van der Waals surface area contributed by atoms with E-state index in [0.29, 0.717) is 34.3 Å². The lowest BCUT2D eigenvalue weighted by Crippen LogP contribution is -1.99. The first-order valence-corrected chi connectivity index (χ1v) is 6.31. The van der Waals surface area contributed by atoms with E-state index in [1.165, 1.54) is 13.2 Å².